The molecule has 0 amide bonds. The van der Waals surface area contributed by atoms with Gasteiger partial charge in [0, 0.05) is 5.92 Å². The smallest absolute Gasteiger partial charge is 0.323 e. The van der Waals surface area contributed by atoms with Crippen LogP contribution < -0.4 is 0 Å². The summed E-state index contributed by atoms with van der Waals surface area (Å²) in [5.41, 5.74) is 1.04. The first kappa shape index (κ1) is 20.7. The molecule has 1 aromatic carbocycles. The van der Waals surface area contributed by atoms with Gasteiger partial charge in [-0.2, -0.15) is 8.42 Å². The van der Waals surface area contributed by atoms with E-state index in [0.717, 1.165) is 11.8 Å². The first-order valence-electron chi connectivity index (χ1n) is 7.63. The van der Waals surface area contributed by atoms with Crippen LogP contribution in [0.4, 0.5) is 0 Å². The number of hydrogen-bond acceptors (Lipinski definition) is 6. The van der Waals surface area contributed by atoms with Crippen LogP contribution in [0.5, 0.6) is 0 Å². The van der Waals surface area contributed by atoms with Gasteiger partial charge in [0.1, 0.15) is 5.16 Å². The Morgan fingerprint density at radius 3 is 2.42 bits per heavy atom. The molecule has 0 spiro atoms. The summed E-state index contributed by atoms with van der Waals surface area (Å²) < 4.78 is 44.2. The van der Waals surface area contributed by atoms with Crippen molar-refractivity contribution in [2.45, 2.75) is 31.8 Å². The molecule has 0 saturated carbocycles. The standard InChI is InChI=1S/C16H23O6PS/c1-4-21-15(17)16(2,23-18)14(12-22-24(3,19)20)11-10-13-8-6-5-7-9-13/h5-9,14H,4,10-12H2,1-3H3. The summed E-state index contributed by atoms with van der Waals surface area (Å²) in [4.78, 5) is 12.2. The Kier molecular flexibility index (Phi) is 8.00. The second kappa shape index (κ2) is 9.25. The number of esters is 1. The Labute approximate surface area is 144 Å². The Bertz CT molecular complexity index is 646. The summed E-state index contributed by atoms with van der Waals surface area (Å²) in [7, 11) is -4.09. The van der Waals surface area contributed by atoms with Crippen LogP contribution in [0.2, 0.25) is 0 Å². The Morgan fingerprint density at radius 2 is 1.92 bits per heavy atom. The molecule has 0 aliphatic carbocycles. The van der Waals surface area contributed by atoms with E-state index in [-0.39, 0.29) is 13.2 Å². The fraction of sp³-hybridized carbons (Fsp3) is 0.562. The van der Waals surface area contributed by atoms with E-state index in [9.17, 15) is 17.8 Å². The third-order valence-electron chi connectivity index (χ3n) is 3.78. The van der Waals surface area contributed by atoms with Gasteiger partial charge in [-0.1, -0.05) is 30.3 Å². The molecular weight excluding hydrogens is 351 g/mol. The molecule has 0 aliphatic rings. The van der Waals surface area contributed by atoms with Gasteiger partial charge in [0.25, 0.3) is 10.1 Å². The molecule has 0 bridgehead atoms. The molecule has 1 rings (SSSR count). The van der Waals surface area contributed by atoms with Crippen LogP contribution in [0, 0.1) is 5.92 Å². The van der Waals surface area contributed by atoms with Crippen LogP contribution >= 0.6 is 8.46 Å². The van der Waals surface area contributed by atoms with Gasteiger partial charge in [-0.25, -0.2) is 0 Å². The van der Waals surface area contributed by atoms with E-state index in [1.54, 1.807) is 6.92 Å². The zero-order chi connectivity index (χ0) is 18.2. The van der Waals surface area contributed by atoms with Crippen molar-refractivity contribution in [3.05, 3.63) is 35.9 Å². The Morgan fingerprint density at radius 1 is 1.29 bits per heavy atom. The summed E-state index contributed by atoms with van der Waals surface area (Å²) >= 11 is 0. The van der Waals surface area contributed by atoms with Crippen LogP contribution in [0.1, 0.15) is 25.8 Å². The molecular formula is C16H23O6PS. The third-order valence-corrected chi connectivity index (χ3v) is 5.27. The van der Waals surface area contributed by atoms with Gasteiger partial charge in [-0.15, -0.1) is 0 Å². The fourth-order valence-electron chi connectivity index (χ4n) is 2.27. The molecule has 0 saturated heterocycles. The number of carbonyl (C=O) groups is 1. The fourth-order valence-corrected chi connectivity index (χ4v) is 3.18. The maximum absolute atomic E-state index is 12.2. The van der Waals surface area contributed by atoms with Gasteiger partial charge in [0.05, 0.1) is 19.5 Å². The van der Waals surface area contributed by atoms with E-state index in [4.69, 9.17) is 8.92 Å². The molecule has 134 valence electrons. The minimum Gasteiger partial charge on any atom is -0.465 e. The average Bonchev–Trinajstić information content (AvgIpc) is 2.54. The van der Waals surface area contributed by atoms with Crippen LogP contribution in [-0.2, 0) is 34.8 Å². The summed E-state index contributed by atoms with van der Waals surface area (Å²) in [6.45, 7) is 3.09. The third kappa shape index (κ3) is 6.30. The summed E-state index contributed by atoms with van der Waals surface area (Å²) in [5.74, 6) is -1.21. The van der Waals surface area contributed by atoms with Gasteiger partial charge in [-0.05, 0) is 32.3 Å². The van der Waals surface area contributed by atoms with Gasteiger partial charge < -0.3 is 4.74 Å². The molecule has 0 fully saturated rings. The number of hydrogen-bond donors (Lipinski definition) is 0. The highest BCUT2D eigenvalue weighted by Crippen LogP contribution is 2.36. The minimum atomic E-state index is -3.67. The van der Waals surface area contributed by atoms with Crippen molar-refractivity contribution in [1.82, 2.24) is 0 Å². The molecule has 1 aromatic rings. The largest absolute Gasteiger partial charge is 0.465 e. The summed E-state index contributed by atoms with van der Waals surface area (Å²) in [6, 6.07) is 9.56. The maximum atomic E-state index is 12.2. The predicted molar refractivity (Wildman–Crippen MR) is 91.7 cm³/mol. The van der Waals surface area contributed by atoms with Gasteiger partial charge in [-0.3, -0.25) is 13.5 Å². The molecule has 24 heavy (non-hydrogen) atoms. The Hall–Kier alpha value is -1.30. The molecule has 8 heteroatoms. The highest BCUT2D eigenvalue weighted by Gasteiger charge is 2.44. The molecule has 0 aliphatic heterocycles. The first-order valence-corrected chi connectivity index (χ1v) is 10.3. The van der Waals surface area contributed by atoms with Gasteiger partial charge in [0.2, 0.25) is 0 Å². The lowest BCUT2D eigenvalue weighted by atomic mass is 9.88. The van der Waals surface area contributed by atoms with E-state index in [1.807, 2.05) is 30.3 Å². The zero-order valence-corrected chi connectivity index (χ0v) is 15.8. The SMILES string of the molecule is CCOC(=O)C(C)(P=O)C(CCc1ccccc1)COS(C)(=O)=O. The minimum absolute atomic E-state index is 0.155. The Balaban J connectivity index is 2.97. The van der Waals surface area contributed by atoms with E-state index >= 15 is 0 Å². The number of ether oxygens (including phenoxy) is 1. The predicted octanol–water partition coefficient (Wildman–Crippen LogP) is 2.83. The maximum Gasteiger partial charge on any atom is 0.323 e. The number of benzene rings is 1. The van der Waals surface area contributed by atoms with E-state index in [1.165, 1.54) is 6.92 Å². The number of carbonyl (C=O) groups excluding carboxylic acids is 1. The van der Waals surface area contributed by atoms with E-state index in [2.05, 4.69) is 0 Å². The topological polar surface area (TPSA) is 86.7 Å². The highest BCUT2D eigenvalue weighted by atomic mass is 32.2. The summed E-state index contributed by atoms with van der Waals surface area (Å²) in [6.07, 6.45) is 1.98. The highest BCUT2D eigenvalue weighted by molar-refractivity contribution is 7.85. The van der Waals surface area contributed by atoms with Crippen LogP contribution in [-0.4, -0.2) is 39.0 Å². The van der Waals surface area contributed by atoms with Crippen molar-refractivity contribution < 1.29 is 26.7 Å². The van der Waals surface area contributed by atoms with E-state index in [0.29, 0.717) is 12.8 Å². The molecule has 0 heterocycles. The van der Waals surface area contributed by atoms with Gasteiger partial charge >= 0.3 is 5.97 Å². The lowest BCUT2D eigenvalue weighted by Gasteiger charge is -2.29. The lowest BCUT2D eigenvalue weighted by molar-refractivity contribution is -0.147. The second-order valence-corrected chi connectivity index (χ2v) is 8.42. The first-order chi connectivity index (χ1) is 11.2. The molecule has 6 nitrogen and oxygen atoms in total. The van der Waals surface area contributed by atoms with Crippen LogP contribution in [0.15, 0.2) is 30.3 Å². The number of rotatable bonds is 10. The van der Waals surface area contributed by atoms with E-state index < -0.39 is 35.6 Å². The monoisotopic (exact) mass is 374 g/mol. The second-order valence-electron chi connectivity index (χ2n) is 5.67. The quantitative estimate of drug-likeness (QED) is 0.356. The number of aryl methyl sites for hydroxylation is 1. The van der Waals surface area contributed by atoms with Crippen molar-refractivity contribution in [3.8, 4) is 0 Å². The molecule has 2 unspecified atom stereocenters. The normalized spacial score (nSPS) is 15.6. The zero-order valence-electron chi connectivity index (χ0n) is 14.1. The molecule has 0 aromatic heterocycles. The average molecular weight is 374 g/mol. The molecule has 0 N–H and O–H groups in total. The van der Waals surface area contributed by atoms with Gasteiger partial charge in [0.15, 0.2) is 8.46 Å². The van der Waals surface area contributed by atoms with Crippen molar-refractivity contribution >= 4 is 24.5 Å². The molecule has 2 atom stereocenters. The summed E-state index contributed by atoms with van der Waals surface area (Å²) in [5, 5.41) is -1.37. The van der Waals surface area contributed by atoms with Crippen molar-refractivity contribution in [2.75, 3.05) is 19.5 Å². The van der Waals surface area contributed by atoms with Crippen LogP contribution in [0.25, 0.3) is 0 Å². The van der Waals surface area contributed by atoms with Crippen LogP contribution in [0.3, 0.4) is 0 Å². The van der Waals surface area contributed by atoms with Crippen molar-refractivity contribution in [2.24, 2.45) is 5.92 Å². The lowest BCUT2D eigenvalue weighted by Crippen LogP contribution is -2.42. The van der Waals surface area contributed by atoms with Crippen molar-refractivity contribution in [3.63, 3.8) is 0 Å². The molecule has 0 radical (unpaired) electrons. The van der Waals surface area contributed by atoms with Crippen molar-refractivity contribution in [1.29, 1.82) is 0 Å².